The maximum atomic E-state index is 5.64. The number of hydrogen-bond acceptors (Lipinski definition) is 3. The van der Waals surface area contributed by atoms with Crippen molar-refractivity contribution in [1.29, 1.82) is 0 Å². The first kappa shape index (κ1) is 20.9. The quantitative estimate of drug-likeness (QED) is 0.194. The minimum atomic E-state index is 0.672. The molecular weight excluding hydrogens is 350 g/mol. The van der Waals surface area contributed by atoms with Crippen molar-refractivity contribution in [3.8, 4) is 0 Å². The largest absolute Gasteiger partial charge is 0.356 e. The Labute approximate surface area is 163 Å². The van der Waals surface area contributed by atoms with Crippen molar-refractivity contribution in [3.63, 3.8) is 0 Å². The van der Waals surface area contributed by atoms with Gasteiger partial charge in [-0.25, -0.2) is 0 Å². The van der Waals surface area contributed by atoms with E-state index in [0.717, 1.165) is 4.32 Å². The zero-order chi connectivity index (χ0) is 17.1. The Bertz CT molecular complexity index is 355. The van der Waals surface area contributed by atoms with Gasteiger partial charge >= 0.3 is 0 Å². The molecule has 1 spiro atoms. The number of nitrogens with zero attached hydrogens (tertiary/aromatic N) is 1. The first-order valence-electron chi connectivity index (χ1n) is 10.3. The number of unbranched alkanes of at least 4 members (excludes halogenated alkanes) is 9. The molecule has 24 heavy (non-hydrogen) atoms. The molecule has 0 aromatic rings. The molecule has 1 nitrogen and oxygen atoms in total. The third-order valence-corrected chi connectivity index (χ3v) is 8.95. The summed E-state index contributed by atoms with van der Waals surface area (Å²) in [5, 5.41) is 0. The first-order valence-corrected chi connectivity index (χ1v) is 13.1. The molecule has 0 unspecified atom stereocenters. The summed E-state index contributed by atoms with van der Waals surface area (Å²) in [6.45, 7) is 4.75. The van der Waals surface area contributed by atoms with E-state index in [-0.39, 0.29) is 0 Å². The SMILES string of the molecule is CCCCCCCCCCCCSSC(=S)N1CCC2(CCC2)C1. The lowest BCUT2D eigenvalue weighted by atomic mass is 9.68. The van der Waals surface area contributed by atoms with Crippen molar-refractivity contribution in [2.75, 3.05) is 18.8 Å². The van der Waals surface area contributed by atoms with Gasteiger partial charge in [0.05, 0.1) is 0 Å². The van der Waals surface area contributed by atoms with Crippen LogP contribution in [0.4, 0.5) is 0 Å². The van der Waals surface area contributed by atoms with Gasteiger partial charge in [0.25, 0.3) is 0 Å². The zero-order valence-corrected chi connectivity index (χ0v) is 18.1. The molecule has 1 aliphatic heterocycles. The molecule has 1 saturated heterocycles. The van der Waals surface area contributed by atoms with Crippen LogP contribution in [0.5, 0.6) is 0 Å². The summed E-state index contributed by atoms with van der Waals surface area (Å²) in [4.78, 5) is 2.48. The van der Waals surface area contributed by atoms with Crippen molar-refractivity contribution < 1.29 is 0 Å². The van der Waals surface area contributed by atoms with E-state index in [9.17, 15) is 0 Å². The Morgan fingerprint density at radius 1 is 0.917 bits per heavy atom. The molecule has 2 fully saturated rings. The maximum absolute atomic E-state index is 5.64. The van der Waals surface area contributed by atoms with Gasteiger partial charge in [0.2, 0.25) is 0 Å². The second-order valence-electron chi connectivity index (χ2n) is 7.88. The molecule has 2 aliphatic rings. The molecule has 2 rings (SSSR count). The highest BCUT2D eigenvalue weighted by molar-refractivity contribution is 8.83. The molecule has 4 heteroatoms. The van der Waals surface area contributed by atoms with Gasteiger partial charge in [-0.15, -0.1) is 0 Å². The van der Waals surface area contributed by atoms with E-state index in [0.29, 0.717) is 5.41 Å². The van der Waals surface area contributed by atoms with Crippen LogP contribution in [-0.2, 0) is 0 Å². The topological polar surface area (TPSA) is 3.24 Å². The van der Waals surface area contributed by atoms with Gasteiger partial charge < -0.3 is 4.90 Å². The van der Waals surface area contributed by atoms with E-state index in [2.05, 4.69) is 11.8 Å². The van der Waals surface area contributed by atoms with Gasteiger partial charge in [-0.2, -0.15) is 0 Å². The third kappa shape index (κ3) is 7.45. The van der Waals surface area contributed by atoms with Gasteiger partial charge in [-0.05, 0) is 41.9 Å². The smallest absolute Gasteiger partial charge is 0.147 e. The van der Waals surface area contributed by atoms with Crippen molar-refractivity contribution in [1.82, 2.24) is 4.90 Å². The molecular formula is C20H37NS3. The van der Waals surface area contributed by atoms with Gasteiger partial charge in [-0.1, -0.05) is 94.1 Å². The van der Waals surface area contributed by atoms with Crippen LogP contribution in [-0.4, -0.2) is 28.1 Å². The monoisotopic (exact) mass is 387 g/mol. The molecule has 0 aromatic heterocycles. The molecule has 0 aromatic carbocycles. The summed E-state index contributed by atoms with van der Waals surface area (Å²) in [6, 6.07) is 0. The van der Waals surface area contributed by atoms with Crippen molar-refractivity contribution in [2.24, 2.45) is 5.41 Å². The van der Waals surface area contributed by atoms with E-state index in [1.54, 1.807) is 0 Å². The second kappa shape index (κ2) is 12.1. The normalized spacial score (nSPS) is 19.0. The van der Waals surface area contributed by atoms with Crippen LogP contribution in [0.25, 0.3) is 0 Å². The van der Waals surface area contributed by atoms with Gasteiger partial charge in [0.15, 0.2) is 0 Å². The fraction of sp³-hybridized carbons (Fsp3) is 0.950. The number of hydrogen-bond donors (Lipinski definition) is 0. The Morgan fingerprint density at radius 3 is 2.08 bits per heavy atom. The van der Waals surface area contributed by atoms with Gasteiger partial charge in [0.1, 0.15) is 4.32 Å². The lowest BCUT2D eigenvalue weighted by Crippen LogP contribution is -2.34. The van der Waals surface area contributed by atoms with Crippen LogP contribution in [0.1, 0.15) is 96.8 Å². The summed E-state index contributed by atoms with van der Waals surface area (Å²) in [5.74, 6) is 1.26. The first-order chi connectivity index (χ1) is 11.8. The highest BCUT2D eigenvalue weighted by atomic mass is 33.1. The molecule has 140 valence electrons. The molecule has 0 amide bonds. The molecule has 0 radical (unpaired) electrons. The number of rotatable bonds is 12. The standard InChI is InChI=1S/C20H37NS3/c1-2-3-4-5-6-7-8-9-10-11-17-23-24-19(22)21-16-15-20(18-21)13-12-14-20/h2-18H2,1H3. The summed E-state index contributed by atoms with van der Waals surface area (Å²) in [7, 11) is 3.85. The van der Waals surface area contributed by atoms with Crippen LogP contribution in [0, 0.1) is 5.41 Å². The predicted octanol–water partition coefficient (Wildman–Crippen LogP) is 7.45. The molecule has 1 saturated carbocycles. The van der Waals surface area contributed by atoms with E-state index >= 15 is 0 Å². The minimum Gasteiger partial charge on any atom is -0.356 e. The molecule has 0 atom stereocenters. The second-order valence-corrected chi connectivity index (χ2v) is 10.9. The highest BCUT2D eigenvalue weighted by Crippen LogP contribution is 2.48. The van der Waals surface area contributed by atoms with Crippen LogP contribution < -0.4 is 0 Å². The van der Waals surface area contributed by atoms with E-state index in [4.69, 9.17) is 12.2 Å². The molecule has 0 bridgehead atoms. The van der Waals surface area contributed by atoms with E-state index in [1.807, 2.05) is 21.6 Å². The van der Waals surface area contributed by atoms with Gasteiger partial charge in [-0.3, -0.25) is 0 Å². The predicted molar refractivity (Wildman–Crippen MR) is 117 cm³/mol. The lowest BCUT2D eigenvalue weighted by molar-refractivity contribution is 0.153. The van der Waals surface area contributed by atoms with E-state index in [1.165, 1.54) is 109 Å². The highest BCUT2D eigenvalue weighted by Gasteiger charge is 2.43. The number of thiocarbonyl (C=S) groups is 1. The third-order valence-electron chi connectivity index (χ3n) is 5.82. The fourth-order valence-corrected chi connectivity index (χ4v) is 6.55. The summed E-state index contributed by atoms with van der Waals surface area (Å²) in [5.41, 5.74) is 0.672. The molecule has 1 heterocycles. The van der Waals surface area contributed by atoms with Crippen LogP contribution in [0.15, 0.2) is 0 Å². The molecule has 0 N–H and O–H groups in total. The van der Waals surface area contributed by atoms with E-state index < -0.39 is 0 Å². The summed E-state index contributed by atoms with van der Waals surface area (Å²) >= 11 is 5.64. The van der Waals surface area contributed by atoms with Crippen LogP contribution in [0.2, 0.25) is 0 Å². The average Bonchev–Trinajstić information content (AvgIpc) is 3.02. The average molecular weight is 388 g/mol. The Morgan fingerprint density at radius 2 is 1.54 bits per heavy atom. The van der Waals surface area contributed by atoms with Crippen molar-refractivity contribution >= 4 is 38.1 Å². The maximum Gasteiger partial charge on any atom is 0.147 e. The van der Waals surface area contributed by atoms with Crippen LogP contribution in [0.3, 0.4) is 0 Å². The Kier molecular flexibility index (Phi) is 10.5. The summed E-state index contributed by atoms with van der Waals surface area (Å²) in [6.07, 6.45) is 20.0. The van der Waals surface area contributed by atoms with Crippen molar-refractivity contribution in [3.05, 3.63) is 0 Å². The molecule has 1 aliphatic carbocycles. The van der Waals surface area contributed by atoms with Crippen LogP contribution >= 0.6 is 33.8 Å². The van der Waals surface area contributed by atoms with Gasteiger partial charge in [0, 0.05) is 18.8 Å². The fourth-order valence-electron chi connectivity index (χ4n) is 3.97. The Balaban J connectivity index is 1.35. The zero-order valence-electron chi connectivity index (χ0n) is 15.7. The lowest BCUT2D eigenvalue weighted by Gasteiger charge is -2.38. The summed E-state index contributed by atoms with van der Waals surface area (Å²) < 4.78 is 1.15. The minimum absolute atomic E-state index is 0.672. The van der Waals surface area contributed by atoms with Crippen molar-refractivity contribution in [2.45, 2.75) is 96.8 Å². The number of likely N-dealkylation sites (tertiary alicyclic amines) is 1. The Hall–Kier alpha value is 0.590.